The van der Waals surface area contributed by atoms with Crippen LogP contribution >= 0.6 is 0 Å². The summed E-state index contributed by atoms with van der Waals surface area (Å²) in [6.45, 7) is 3.50. The van der Waals surface area contributed by atoms with Crippen LogP contribution in [0.5, 0.6) is 0 Å². The average Bonchev–Trinajstić information content (AvgIpc) is 2.76. The van der Waals surface area contributed by atoms with Crippen molar-refractivity contribution in [3.8, 4) is 6.07 Å². The molecule has 19 heavy (non-hydrogen) atoms. The largest absolute Gasteiger partial charge is 0.457 e. The quantitative estimate of drug-likeness (QED) is 0.788. The molecule has 0 aliphatic carbocycles. The first-order valence-corrected chi connectivity index (χ1v) is 5.71. The Bertz CT molecular complexity index is 616. The van der Waals surface area contributed by atoms with Crippen molar-refractivity contribution >= 4 is 5.97 Å². The second kappa shape index (κ2) is 5.36. The Balaban J connectivity index is 2.03. The molecule has 0 amide bonds. The molecule has 0 atom stereocenters. The molecule has 2 aromatic rings. The molecule has 0 unspecified atom stereocenters. The van der Waals surface area contributed by atoms with Crippen molar-refractivity contribution in [3.63, 3.8) is 0 Å². The van der Waals surface area contributed by atoms with Crippen molar-refractivity contribution in [2.45, 2.75) is 20.5 Å². The van der Waals surface area contributed by atoms with Crippen LogP contribution in [0.3, 0.4) is 0 Å². The lowest BCUT2D eigenvalue weighted by Crippen LogP contribution is -2.07. The summed E-state index contributed by atoms with van der Waals surface area (Å²) in [6.07, 6.45) is 0. The van der Waals surface area contributed by atoms with E-state index in [1.54, 1.807) is 38.1 Å². The number of nitrogens with zero attached hydrogens (tertiary/aromatic N) is 2. The number of benzene rings is 1. The van der Waals surface area contributed by atoms with Gasteiger partial charge in [-0.3, -0.25) is 0 Å². The number of rotatable bonds is 3. The smallest absolute Gasteiger partial charge is 0.344 e. The SMILES string of the molecule is Cc1noc(C)c1C(=O)OCc1ccc(C#N)cc1. The number of carbonyl (C=O) groups excluding carboxylic acids is 1. The standard InChI is InChI=1S/C14H12N2O3/c1-9-13(10(2)19-16-9)14(17)18-8-12-5-3-11(7-15)4-6-12/h3-6H,8H2,1-2H3. The van der Waals surface area contributed by atoms with Crippen LogP contribution in [0.15, 0.2) is 28.8 Å². The van der Waals surface area contributed by atoms with E-state index in [9.17, 15) is 4.79 Å². The van der Waals surface area contributed by atoms with Gasteiger partial charge in [-0.2, -0.15) is 5.26 Å². The maximum atomic E-state index is 11.9. The Labute approximate surface area is 110 Å². The van der Waals surface area contributed by atoms with Gasteiger partial charge in [-0.1, -0.05) is 17.3 Å². The Morgan fingerprint density at radius 3 is 2.58 bits per heavy atom. The van der Waals surface area contributed by atoms with E-state index in [1.807, 2.05) is 6.07 Å². The van der Waals surface area contributed by atoms with E-state index >= 15 is 0 Å². The van der Waals surface area contributed by atoms with Gasteiger partial charge in [0.1, 0.15) is 17.9 Å². The Kier molecular flexibility index (Phi) is 3.62. The van der Waals surface area contributed by atoms with Crippen LogP contribution in [0, 0.1) is 25.2 Å². The molecule has 0 saturated carbocycles. The van der Waals surface area contributed by atoms with Crippen molar-refractivity contribution in [2.24, 2.45) is 0 Å². The molecular formula is C14H12N2O3. The van der Waals surface area contributed by atoms with Crippen LogP contribution in [0.4, 0.5) is 0 Å². The van der Waals surface area contributed by atoms with Gasteiger partial charge in [0.15, 0.2) is 0 Å². The zero-order chi connectivity index (χ0) is 13.8. The lowest BCUT2D eigenvalue weighted by Gasteiger charge is -2.04. The van der Waals surface area contributed by atoms with E-state index in [1.165, 1.54) is 0 Å². The molecule has 1 heterocycles. The van der Waals surface area contributed by atoms with Crippen molar-refractivity contribution in [2.75, 3.05) is 0 Å². The molecule has 1 aromatic carbocycles. The third-order valence-corrected chi connectivity index (χ3v) is 2.69. The molecule has 0 radical (unpaired) electrons. The highest BCUT2D eigenvalue weighted by atomic mass is 16.5. The van der Waals surface area contributed by atoms with Crippen LogP contribution in [-0.4, -0.2) is 11.1 Å². The average molecular weight is 256 g/mol. The summed E-state index contributed by atoms with van der Waals surface area (Å²) in [4.78, 5) is 11.9. The van der Waals surface area contributed by atoms with Gasteiger partial charge in [-0.25, -0.2) is 4.79 Å². The molecule has 0 saturated heterocycles. The second-order valence-corrected chi connectivity index (χ2v) is 4.08. The minimum absolute atomic E-state index is 0.147. The highest BCUT2D eigenvalue weighted by Gasteiger charge is 2.18. The first-order chi connectivity index (χ1) is 9.11. The molecule has 1 aromatic heterocycles. The molecule has 0 fully saturated rings. The summed E-state index contributed by atoms with van der Waals surface area (Å²) >= 11 is 0. The molecule has 5 heteroatoms. The van der Waals surface area contributed by atoms with Crippen LogP contribution < -0.4 is 0 Å². The highest BCUT2D eigenvalue weighted by Crippen LogP contribution is 2.14. The topological polar surface area (TPSA) is 76.1 Å². The number of aromatic nitrogens is 1. The third-order valence-electron chi connectivity index (χ3n) is 2.69. The number of esters is 1. The van der Waals surface area contributed by atoms with Crippen LogP contribution in [0.2, 0.25) is 0 Å². The maximum Gasteiger partial charge on any atom is 0.344 e. The molecule has 0 spiro atoms. The Morgan fingerprint density at radius 2 is 2.05 bits per heavy atom. The van der Waals surface area contributed by atoms with Crippen LogP contribution in [0.25, 0.3) is 0 Å². The number of hydrogen-bond donors (Lipinski definition) is 0. The van der Waals surface area contributed by atoms with Crippen LogP contribution in [0.1, 0.15) is 32.9 Å². The zero-order valence-electron chi connectivity index (χ0n) is 10.6. The van der Waals surface area contributed by atoms with E-state index in [0.717, 1.165) is 5.56 Å². The lowest BCUT2D eigenvalue weighted by atomic mass is 10.1. The monoisotopic (exact) mass is 256 g/mol. The van der Waals surface area contributed by atoms with Gasteiger partial charge in [-0.15, -0.1) is 0 Å². The number of ether oxygens (including phenoxy) is 1. The summed E-state index contributed by atoms with van der Waals surface area (Å²) in [5.41, 5.74) is 2.27. The van der Waals surface area contributed by atoms with Gasteiger partial charge in [0.2, 0.25) is 0 Å². The normalized spacial score (nSPS) is 9.95. The molecule has 2 rings (SSSR count). The first kappa shape index (κ1) is 12.8. The number of aryl methyl sites for hydroxylation is 2. The van der Waals surface area contributed by atoms with Crippen LogP contribution in [-0.2, 0) is 11.3 Å². The van der Waals surface area contributed by atoms with Gasteiger partial charge in [-0.05, 0) is 31.5 Å². The van der Waals surface area contributed by atoms with Crippen molar-refractivity contribution in [1.82, 2.24) is 5.16 Å². The minimum atomic E-state index is -0.458. The van der Waals surface area contributed by atoms with Crippen molar-refractivity contribution in [1.29, 1.82) is 5.26 Å². The Morgan fingerprint density at radius 1 is 1.37 bits per heavy atom. The Hall–Kier alpha value is -2.61. The predicted molar refractivity (Wildman–Crippen MR) is 66.3 cm³/mol. The van der Waals surface area contributed by atoms with E-state index in [0.29, 0.717) is 22.6 Å². The fourth-order valence-corrected chi connectivity index (χ4v) is 1.67. The van der Waals surface area contributed by atoms with Gasteiger partial charge >= 0.3 is 5.97 Å². The first-order valence-electron chi connectivity index (χ1n) is 5.71. The number of nitriles is 1. The van der Waals surface area contributed by atoms with E-state index in [2.05, 4.69) is 5.16 Å². The summed E-state index contributed by atoms with van der Waals surface area (Å²) in [6, 6.07) is 8.89. The number of hydrogen-bond acceptors (Lipinski definition) is 5. The lowest BCUT2D eigenvalue weighted by molar-refractivity contribution is 0.0470. The fourth-order valence-electron chi connectivity index (χ4n) is 1.67. The van der Waals surface area contributed by atoms with Gasteiger partial charge in [0.25, 0.3) is 0 Å². The molecule has 96 valence electrons. The molecule has 5 nitrogen and oxygen atoms in total. The molecular weight excluding hydrogens is 244 g/mol. The van der Waals surface area contributed by atoms with Crippen molar-refractivity contribution < 1.29 is 14.1 Å². The van der Waals surface area contributed by atoms with E-state index in [-0.39, 0.29) is 6.61 Å². The summed E-state index contributed by atoms with van der Waals surface area (Å²) in [5.74, 6) is -0.0112. The van der Waals surface area contributed by atoms with Gasteiger partial charge < -0.3 is 9.26 Å². The summed E-state index contributed by atoms with van der Waals surface area (Å²) < 4.78 is 10.1. The fraction of sp³-hybridized carbons (Fsp3) is 0.214. The maximum absolute atomic E-state index is 11.9. The third kappa shape index (κ3) is 2.80. The molecule has 0 aliphatic heterocycles. The van der Waals surface area contributed by atoms with Crippen molar-refractivity contribution in [3.05, 3.63) is 52.4 Å². The number of carbonyl (C=O) groups is 1. The van der Waals surface area contributed by atoms with E-state index < -0.39 is 5.97 Å². The van der Waals surface area contributed by atoms with Gasteiger partial charge in [0.05, 0.1) is 17.3 Å². The predicted octanol–water partition coefficient (Wildman–Crippen LogP) is 2.52. The molecule has 0 aliphatic rings. The van der Waals surface area contributed by atoms with Gasteiger partial charge in [0, 0.05) is 0 Å². The zero-order valence-corrected chi connectivity index (χ0v) is 10.6. The van der Waals surface area contributed by atoms with E-state index in [4.69, 9.17) is 14.5 Å². The molecule has 0 bridgehead atoms. The molecule has 0 N–H and O–H groups in total. The minimum Gasteiger partial charge on any atom is -0.457 e. The highest BCUT2D eigenvalue weighted by molar-refractivity contribution is 5.91. The summed E-state index contributed by atoms with van der Waals surface area (Å²) in [7, 11) is 0. The second-order valence-electron chi connectivity index (χ2n) is 4.08. The summed E-state index contributed by atoms with van der Waals surface area (Å²) in [5, 5.41) is 12.4.